The molecule has 0 spiro atoms. The Kier molecular flexibility index (Phi) is 11.9. The molecule has 3 aromatic rings. The van der Waals surface area contributed by atoms with E-state index in [2.05, 4.69) is 29.2 Å². The van der Waals surface area contributed by atoms with Gasteiger partial charge in [-0.15, -0.1) is 0 Å². The number of benzene rings is 2. The van der Waals surface area contributed by atoms with Gasteiger partial charge in [-0.25, -0.2) is 13.6 Å². The van der Waals surface area contributed by atoms with Crippen molar-refractivity contribution in [3.8, 4) is 11.3 Å². The standard InChI is InChI=1S/C32H38ClF2N5O5/c1-21(2)39-14-16-40(17-15-39)30(42)13-11-25(38(3)29(41)12-10-22-6-5-9-26(35)31(22)33)20-44-32(43)36-28-19-27(45-37-28)23-7-4-8-24(34)18-23/h4-9,18-19,21,25H,10-17,20H2,1-3H3,(H,36,37,43)/t25-/m0/s1. The van der Waals surface area contributed by atoms with Gasteiger partial charge in [0.15, 0.2) is 11.6 Å². The molecule has 1 aromatic heterocycles. The van der Waals surface area contributed by atoms with Gasteiger partial charge in [-0.05, 0) is 50.5 Å². The Morgan fingerprint density at radius 1 is 1.07 bits per heavy atom. The van der Waals surface area contributed by atoms with Crippen LogP contribution in [0.4, 0.5) is 19.4 Å². The Bertz CT molecular complexity index is 1480. The van der Waals surface area contributed by atoms with E-state index in [4.69, 9.17) is 20.9 Å². The number of nitrogens with one attached hydrogen (secondary N) is 1. The van der Waals surface area contributed by atoms with Crippen molar-refractivity contribution in [3.05, 3.63) is 70.8 Å². The second-order valence-electron chi connectivity index (χ2n) is 11.2. The molecule has 1 fully saturated rings. The van der Waals surface area contributed by atoms with E-state index < -0.39 is 23.8 Å². The molecule has 2 heterocycles. The molecule has 13 heteroatoms. The van der Waals surface area contributed by atoms with Gasteiger partial charge in [-0.2, -0.15) is 0 Å². The number of likely N-dealkylation sites (N-methyl/N-ethyl adjacent to an activating group) is 1. The van der Waals surface area contributed by atoms with Crippen LogP contribution in [0.5, 0.6) is 0 Å². The summed E-state index contributed by atoms with van der Waals surface area (Å²) < 4.78 is 38.1. The maximum absolute atomic E-state index is 13.9. The molecule has 4 rings (SSSR count). The Morgan fingerprint density at radius 2 is 1.80 bits per heavy atom. The Labute approximate surface area is 266 Å². The van der Waals surface area contributed by atoms with Crippen LogP contribution < -0.4 is 5.32 Å². The van der Waals surface area contributed by atoms with Crippen LogP contribution in [0, 0.1) is 11.6 Å². The zero-order chi connectivity index (χ0) is 32.5. The van der Waals surface area contributed by atoms with Crippen LogP contribution in [0.25, 0.3) is 11.3 Å². The zero-order valence-corrected chi connectivity index (χ0v) is 26.4. The number of ether oxygens (including phenoxy) is 1. The summed E-state index contributed by atoms with van der Waals surface area (Å²) >= 11 is 6.06. The smallest absolute Gasteiger partial charge is 0.412 e. The lowest BCUT2D eigenvalue weighted by molar-refractivity contribution is -0.136. The van der Waals surface area contributed by atoms with Gasteiger partial charge in [0.2, 0.25) is 11.8 Å². The van der Waals surface area contributed by atoms with Crippen LogP contribution in [0.3, 0.4) is 0 Å². The summed E-state index contributed by atoms with van der Waals surface area (Å²) in [6, 6.07) is 11.4. The first-order chi connectivity index (χ1) is 21.5. The first-order valence-electron chi connectivity index (χ1n) is 14.9. The number of aromatic nitrogens is 1. The highest BCUT2D eigenvalue weighted by Gasteiger charge is 2.27. The highest BCUT2D eigenvalue weighted by Crippen LogP contribution is 2.24. The highest BCUT2D eigenvalue weighted by molar-refractivity contribution is 6.31. The largest absolute Gasteiger partial charge is 0.447 e. The SMILES string of the molecule is CC(C)N1CCN(C(=O)CC[C@@H](COC(=O)Nc2cc(-c3cccc(F)c3)on2)N(C)C(=O)CCc2cccc(F)c2Cl)CC1. The fourth-order valence-corrected chi connectivity index (χ4v) is 5.33. The fraction of sp³-hybridized carbons (Fsp3) is 0.438. The van der Waals surface area contributed by atoms with Gasteiger partial charge in [-0.1, -0.05) is 41.0 Å². The van der Waals surface area contributed by atoms with Crippen molar-refractivity contribution in [2.45, 2.75) is 51.6 Å². The van der Waals surface area contributed by atoms with Gasteiger partial charge in [-0.3, -0.25) is 19.8 Å². The number of carbonyl (C=O) groups is 3. The van der Waals surface area contributed by atoms with E-state index in [1.54, 1.807) is 19.2 Å². The molecule has 1 atom stereocenters. The first kappa shape index (κ1) is 33.9. The first-order valence-corrected chi connectivity index (χ1v) is 15.3. The van der Waals surface area contributed by atoms with Crippen molar-refractivity contribution in [2.24, 2.45) is 0 Å². The summed E-state index contributed by atoms with van der Waals surface area (Å²) in [5.74, 6) is -1.01. The third-order valence-electron chi connectivity index (χ3n) is 7.93. The van der Waals surface area contributed by atoms with Crippen molar-refractivity contribution in [3.63, 3.8) is 0 Å². The lowest BCUT2D eigenvalue weighted by atomic mass is 10.1. The number of anilines is 1. The minimum atomic E-state index is -0.845. The molecule has 1 saturated heterocycles. The molecule has 242 valence electrons. The van der Waals surface area contributed by atoms with E-state index in [0.717, 1.165) is 13.1 Å². The lowest BCUT2D eigenvalue weighted by Crippen LogP contribution is -2.51. The van der Waals surface area contributed by atoms with Gasteiger partial charge in [0, 0.05) is 63.7 Å². The van der Waals surface area contributed by atoms with Crippen LogP contribution in [0.2, 0.25) is 5.02 Å². The molecule has 0 aliphatic carbocycles. The maximum atomic E-state index is 13.9. The number of rotatable bonds is 12. The van der Waals surface area contributed by atoms with Gasteiger partial charge >= 0.3 is 6.09 Å². The number of hydrogen-bond donors (Lipinski definition) is 1. The van der Waals surface area contributed by atoms with E-state index >= 15 is 0 Å². The average Bonchev–Trinajstić information content (AvgIpc) is 3.49. The molecule has 0 bridgehead atoms. The normalized spacial score (nSPS) is 14.3. The van der Waals surface area contributed by atoms with Crippen LogP contribution in [0.15, 0.2) is 53.1 Å². The van der Waals surface area contributed by atoms with Crippen molar-refractivity contribution >= 4 is 35.3 Å². The van der Waals surface area contributed by atoms with Crippen molar-refractivity contribution < 1.29 is 32.4 Å². The van der Waals surface area contributed by atoms with E-state index in [1.165, 1.54) is 41.3 Å². The summed E-state index contributed by atoms with van der Waals surface area (Å²) in [5.41, 5.74) is 0.950. The molecule has 1 aliphatic heterocycles. The Morgan fingerprint density at radius 3 is 2.51 bits per heavy atom. The summed E-state index contributed by atoms with van der Waals surface area (Å²) in [6.45, 7) is 6.88. The third kappa shape index (κ3) is 9.48. The van der Waals surface area contributed by atoms with Gasteiger partial charge in [0.1, 0.15) is 18.2 Å². The third-order valence-corrected chi connectivity index (χ3v) is 8.35. The van der Waals surface area contributed by atoms with E-state index in [-0.39, 0.29) is 60.7 Å². The summed E-state index contributed by atoms with van der Waals surface area (Å²) in [4.78, 5) is 44.5. The second kappa shape index (κ2) is 15.8. The number of halogens is 3. The topological polar surface area (TPSA) is 108 Å². The lowest BCUT2D eigenvalue weighted by Gasteiger charge is -2.37. The van der Waals surface area contributed by atoms with E-state index in [0.29, 0.717) is 30.3 Å². The molecular weight excluding hydrogens is 608 g/mol. The molecule has 0 unspecified atom stereocenters. The van der Waals surface area contributed by atoms with Crippen LogP contribution >= 0.6 is 11.6 Å². The number of aryl methyl sites for hydroxylation is 1. The molecule has 3 amide bonds. The minimum absolute atomic E-state index is 0.0268. The fourth-order valence-electron chi connectivity index (χ4n) is 5.11. The highest BCUT2D eigenvalue weighted by atomic mass is 35.5. The van der Waals surface area contributed by atoms with E-state index in [1.807, 2.05) is 4.90 Å². The van der Waals surface area contributed by atoms with Gasteiger partial charge in [0.05, 0.1) is 11.1 Å². The molecule has 45 heavy (non-hydrogen) atoms. The Hall–Kier alpha value is -4.03. The number of piperazine rings is 1. The molecule has 10 nitrogen and oxygen atoms in total. The predicted molar refractivity (Wildman–Crippen MR) is 166 cm³/mol. The molecule has 1 aliphatic rings. The molecule has 1 N–H and O–H groups in total. The number of nitrogens with zero attached hydrogens (tertiary/aromatic N) is 4. The summed E-state index contributed by atoms with van der Waals surface area (Å²) in [5, 5.41) is 6.22. The Balaban J connectivity index is 1.36. The van der Waals surface area contributed by atoms with Crippen LogP contribution in [0.1, 0.15) is 38.7 Å². The molecule has 2 aromatic carbocycles. The summed E-state index contributed by atoms with van der Waals surface area (Å²) in [7, 11) is 1.58. The van der Waals surface area contributed by atoms with Crippen LogP contribution in [-0.4, -0.2) is 89.7 Å². The van der Waals surface area contributed by atoms with Gasteiger partial charge in [0.25, 0.3) is 0 Å². The maximum Gasteiger partial charge on any atom is 0.412 e. The molecule has 0 saturated carbocycles. The van der Waals surface area contributed by atoms with Gasteiger partial charge < -0.3 is 19.1 Å². The number of carbonyl (C=O) groups excluding carboxylic acids is 3. The quantitative estimate of drug-likeness (QED) is 0.273. The van der Waals surface area contributed by atoms with Crippen molar-refractivity contribution in [1.29, 1.82) is 0 Å². The van der Waals surface area contributed by atoms with Crippen molar-refractivity contribution in [1.82, 2.24) is 19.9 Å². The molecule has 0 radical (unpaired) electrons. The number of amides is 3. The average molecular weight is 646 g/mol. The minimum Gasteiger partial charge on any atom is -0.447 e. The predicted octanol–water partition coefficient (Wildman–Crippen LogP) is 5.61. The molecular formula is C32H38ClF2N5O5. The summed E-state index contributed by atoms with van der Waals surface area (Å²) in [6.07, 6.45) is -0.178. The van der Waals surface area contributed by atoms with Crippen LogP contribution in [-0.2, 0) is 20.7 Å². The monoisotopic (exact) mass is 645 g/mol. The number of hydrogen-bond acceptors (Lipinski definition) is 7. The zero-order valence-electron chi connectivity index (χ0n) is 25.6. The van der Waals surface area contributed by atoms with E-state index in [9.17, 15) is 23.2 Å². The second-order valence-corrected chi connectivity index (χ2v) is 11.6. The van der Waals surface area contributed by atoms with Crippen molar-refractivity contribution in [2.75, 3.05) is 45.2 Å².